The van der Waals surface area contributed by atoms with Crippen molar-refractivity contribution in [2.75, 3.05) is 0 Å². The number of pyridine rings is 2. The maximum absolute atomic E-state index is 6.35. The molecule has 5 aromatic rings. The molecule has 3 aromatic heterocycles. The van der Waals surface area contributed by atoms with Crippen LogP contribution in [0.2, 0.25) is 0 Å². The van der Waals surface area contributed by atoms with E-state index in [1.807, 2.05) is 6.92 Å². The van der Waals surface area contributed by atoms with Gasteiger partial charge in [0.2, 0.25) is 5.71 Å². The molecular formula is C30H30N2O. The van der Waals surface area contributed by atoms with Crippen molar-refractivity contribution < 1.29 is 4.42 Å². The Labute approximate surface area is 194 Å². The molecule has 0 aliphatic heterocycles. The first-order valence-electron chi connectivity index (χ1n) is 12.2. The lowest BCUT2D eigenvalue weighted by atomic mass is 9.89. The van der Waals surface area contributed by atoms with Crippen LogP contribution in [0.1, 0.15) is 73.8 Å². The second-order valence-corrected chi connectivity index (χ2v) is 10.1. The van der Waals surface area contributed by atoms with E-state index in [2.05, 4.69) is 74.4 Å². The molecule has 166 valence electrons. The molecule has 0 bridgehead atoms. The molecule has 0 amide bonds. The average molecular weight is 435 g/mol. The minimum atomic E-state index is 0.420. The Morgan fingerprint density at radius 2 is 1.67 bits per heavy atom. The van der Waals surface area contributed by atoms with Crippen molar-refractivity contribution in [1.29, 1.82) is 0 Å². The molecule has 1 fully saturated rings. The highest BCUT2D eigenvalue weighted by Crippen LogP contribution is 2.41. The monoisotopic (exact) mass is 434 g/mol. The van der Waals surface area contributed by atoms with Crippen LogP contribution in [0.25, 0.3) is 44.1 Å². The Morgan fingerprint density at radius 1 is 0.879 bits per heavy atom. The van der Waals surface area contributed by atoms with Crippen LogP contribution < -0.4 is 0 Å². The van der Waals surface area contributed by atoms with Gasteiger partial charge >= 0.3 is 0 Å². The van der Waals surface area contributed by atoms with E-state index >= 15 is 0 Å². The van der Waals surface area contributed by atoms with Gasteiger partial charge in [0.15, 0.2) is 0 Å². The maximum Gasteiger partial charge on any atom is 0.227 e. The van der Waals surface area contributed by atoms with Gasteiger partial charge in [0, 0.05) is 33.6 Å². The molecule has 0 saturated heterocycles. The first kappa shape index (κ1) is 20.4. The second kappa shape index (κ2) is 7.69. The smallest absolute Gasteiger partial charge is 0.227 e. The third-order valence-electron chi connectivity index (χ3n) is 7.37. The van der Waals surface area contributed by atoms with Crippen molar-refractivity contribution in [1.82, 2.24) is 9.97 Å². The van der Waals surface area contributed by atoms with Crippen molar-refractivity contribution in [3.8, 4) is 11.3 Å². The predicted octanol–water partition coefficient (Wildman–Crippen LogP) is 8.59. The number of aryl methyl sites for hydroxylation is 2. The third-order valence-corrected chi connectivity index (χ3v) is 7.37. The number of aromatic nitrogens is 2. The fraction of sp³-hybridized carbons (Fsp3) is 0.333. The Morgan fingerprint density at radius 3 is 2.45 bits per heavy atom. The van der Waals surface area contributed by atoms with E-state index in [1.54, 1.807) is 0 Å². The Balaban J connectivity index is 1.64. The van der Waals surface area contributed by atoms with Crippen LogP contribution in [-0.2, 0) is 0 Å². The van der Waals surface area contributed by atoms with Gasteiger partial charge < -0.3 is 4.42 Å². The second-order valence-electron chi connectivity index (χ2n) is 10.1. The summed E-state index contributed by atoms with van der Waals surface area (Å²) in [6, 6.07) is 15.7. The average Bonchev–Trinajstić information content (AvgIpc) is 3.45. The van der Waals surface area contributed by atoms with E-state index in [0.29, 0.717) is 17.5 Å². The molecule has 6 rings (SSSR count). The van der Waals surface area contributed by atoms with Crippen molar-refractivity contribution in [3.63, 3.8) is 0 Å². The van der Waals surface area contributed by atoms with Crippen molar-refractivity contribution in [2.24, 2.45) is 0 Å². The molecule has 2 aromatic carbocycles. The van der Waals surface area contributed by atoms with E-state index in [1.165, 1.54) is 53.1 Å². The summed E-state index contributed by atoms with van der Waals surface area (Å²) in [4.78, 5) is 9.67. The Bertz CT molecular complexity index is 1520. The standard InChI is InChI=1S/C30H30N2O/c1-17(2)27-16-31-28(22-12-10-21(15-24(22)27)20-7-5-6-8-20)26-14-18(3)13-25-23-11-9-19(4)32-30(23)33-29(25)26/h9-17,20H,5-8H2,1-4H3. The molecule has 3 nitrogen and oxygen atoms in total. The van der Waals surface area contributed by atoms with Gasteiger partial charge in [-0.25, -0.2) is 4.98 Å². The van der Waals surface area contributed by atoms with Gasteiger partial charge in [-0.3, -0.25) is 4.98 Å². The molecule has 0 radical (unpaired) electrons. The number of furan rings is 1. The number of nitrogens with zero attached hydrogens (tertiary/aromatic N) is 2. The first-order chi connectivity index (χ1) is 16.0. The van der Waals surface area contributed by atoms with Gasteiger partial charge in [-0.05, 0) is 84.9 Å². The predicted molar refractivity (Wildman–Crippen MR) is 137 cm³/mol. The van der Waals surface area contributed by atoms with Gasteiger partial charge in [-0.2, -0.15) is 0 Å². The lowest BCUT2D eigenvalue weighted by Crippen LogP contribution is -1.98. The lowest BCUT2D eigenvalue weighted by Gasteiger charge is -2.17. The number of hydrogen-bond acceptors (Lipinski definition) is 3. The zero-order chi connectivity index (χ0) is 22.7. The van der Waals surface area contributed by atoms with Crippen LogP contribution in [0.5, 0.6) is 0 Å². The van der Waals surface area contributed by atoms with E-state index in [9.17, 15) is 0 Å². The molecule has 3 heterocycles. The summed E-state index contributed by atoms with van der Waals surface area (Å²) in [6.45, 7) is 8.67. The lowest BCUT2D eigenvalue weighted by molar-refractivity contribution is 0.653. The van der Waals surface area contributed by atoms with Crippen molar-refractivity contribution in [3.05, 3.63) is 71.0 Å². The highest BCUT2D eigenvalue weighted by molar-refractivity contribution is 6.11. The molecule has 1 saturated carbocycles. The van der Waals surface area contributed by atoms with E-state index in [4.69, 9.17) is 9.40 Å². The Hall–Kier alpha value is -3.20. The molecule has 3 heteroatoms. The largest absolute Gasteiger partial charge is 0.437 e. The van der Waals surface area contributed by atoms with Crippen LogP contribution in [0.3, 0.4) is 0 Å². The van der Waals surface area contributed by atoms with Gasteiger partial charge in [0.1, 0.15) is 5.58 Å². The number of rotatable bonds is 3. The van der Waals surface area contributed by atoms with Gasteiger partial charge in [0.25, 0.3) is 0 Å². The Kier molecular flexibility index (Phi) is 4.76. The highest BCUT2D eigenvalue weighted by atomic mass is 16.3. The molecule has 0 N–H and O–H groups in total. The van der Waals surface area contributed by atoms with E-state index < -0.39 is 0 Å². The SMILES string of the molecule is Cc1cc(-c2ncc(C(C)C)c3cc(C4CCCC4)ccc23)c2oc3nc(C)ccc3c2c1. The minimum absolute atomic E-state index is 0.420. The van der Waals surface area contributed by atoms with Crippen molar-refractivity contribution >= 4 is 32.8 Å². The number of benzene rings is 2. The van der Waals surface area contributed by atoms with Gasteiger partial charge in [0.05, 0.1) is 5.69 Å². The van der Waals surface area contributed by atoms with E-state index in [-0.39, 0.29) is 0 Å². The van der Waals surface area contributed by atoms with Crippen LogP contribution in [0.15, 0.2) is 53.1 Å². The van der Waals surface area contributed by atoms with Crippen LogP contribution in [-0.4, -0.2) is 9.97 Å². The summed E-state index contributed by atoms with van der Waals surface area (Å²) < 4.78 is 6.35. The highest BCUT2D eigenvalue weighted by Gasteiger charge is 2.21. The molecular weight excluding hydrogens is 404 g/mol. The zero-order valence-electron chi connectivity index (χ0n) is 19.9. The first-order valence-corrected chi connectivity index (χ1v) is 12.2. The summed E-state index contributed by atoms with van der Waals surface area (Å²) in [5, 5.41) is 4.71. The summed E-state index contributed by atoms with van der Waals surface area (Å²) >= 11 is 0. The van der Waals surface area contributed by atoms with E-state index in [0.717, 1.165) is 33.3 Å². The quantitative estimate of drug-likeness (QED) is 0.285. The number of fused-ring (bicyclic) bond motifs is 4. The molecule has 0 unspecified atom stereocenters. The molecule has 1 aliphatic carbocycles. The minimum Gasteiger partial charge on any atom is -0.437 e. The number of hydrogen-bond donors (Lipinski definition) is 0. The van der Waals surface area contributed by atoms with Crippen LogP contribution in [0, 0.1) is 13.8 Å². The topological polar surface area (TPSA) is 38.9 Å². The van der Waals surface area contributed by atoms with Gasteiger partial charge in [-0.1, -0.05) is 44.9 Å². The summed E-state index contributed by atoms with van der Waals surface area (Å²) in [7, 11) is 0. The molecule has 33 heavy (non-hydrogen) atoms. The molecule has 0 spiro atoms. The van der Waals surface area contributed by atoms with Gasteiger partial charge in [-0.15, -0.1) is 0 Å². The fourth-order valence-electron chi connectivity index (χ4n) is 5.64. The van der Waals surface area contributed by atoms with Crippen LogP contribution >= 0.6 is 0 Å². The third kappa shape index (κ3) is 3.33. The zero-order valence-corrected chi connectivity index (χ0v) is 19.9. The van der Waals surface area contributed by atoms with Crippen LogP contribution in [0.4, 0.5) is 0 Å². The molecule has 0 atom stereocenters. The normalized spacial score (nSPS) is 14.9. The maximum atomic E-state index is 6.35. The summed E-state index contributed by atoms with van der Waals surface area (Å²) in [6.07, 6.45) is 7.40. The summed E-state index contributed by atoms with van der Waals surface area (Å²) in [5.74, 6) is 1.12. The van der Waals surface area contributed by atoms with Crippen molar-refractivity contribution in [2.45, 2.75) is 65.2 Å². The fourth-order valence-corrected chi connectivity index (χ4v) is 5.64. The molecule has 1 aliphatic rings. The summed E-state index contributed by atoms with van der Waals surface area (Å²) in [5.41, 5.74) is 8.58.